The molecule has 4 rings (SSSR count). The number of aromatic nitrogens is 3. The maximum Gasteiger partial charge on any atom is 0.417 e. The van der Waals surface area contributed by atoms with Crippen molar-refractivity contribution in [1.82, 2.24) is 20.1 Å². The number of halogens is 4. The van der Waals surface area contributed by atoms with Crippen molar-refractivity contribution in [2.75, 3.05) is 25.0 Å². The molecule has 2 atom stereocenters. The summed E-state index contributed by atoms with van der Waals surface area (Å²) in [7, 11) is 0. The van der Waals surface area contributed by atoms with Gasteiger partial charge in [-0.1, -0.05) is 23.7 Å². The van der Waals surface area contributed by atoms with Gasteiger partial charge in [0, 0.05) is 42.7 Å². The number of hydrogen-bond acceptors (Lipinski definition) is 5. The molecule has 0 radical (unpaired) electrons. The highest BCUT2D eigenvalue weighted by molar-refractivity contribution is 6.30. The summed E-state index contributed by atoms with van der Waals surface area (Å²) in [4.78, 5) is 18.7. The smallest absolute Gasteiger partial charge is 0.370 e. The number of carbonyl (C=O) groups is 1. The Morgan fingerprint density at radius 3 is 2.55 bits per heavy atom. The van der Waals surface area contributed by atoms with Crippen LogP contribution in [-0.4, -0.2) is 45.6 Å². The standard InChI is InChI=1S/C23H21ClF3N5O/c1-14-8-16(10-30-31-14)22(33)32-12-17(20(13-32)15-2-5-19(24)6-3-15)9-28-21-7-4-18(11-29-21)23(25,26)27/h2-8,10-11,17,20H,9,12-13H2,1H3,(H,28,29)/t17?,20-/m1/s1. The first-order chi connectivity index (χ1) is 15.7. The van der Waals surface area contributed by atoms with Crippen LogP contribution in [0.2, 0.25) is 5.02 Å². The Balaban J connectivity index is 1.52. The summed E-state index contributed by atoms with van der Waals surface area (Å²) in [5.74, 6) is 0.234. The fraction of sp³-hybridized carbons (Fsp3) is 0.304. The Morgan fingerprint density at radius 2 is 1.91 bits per heavy atom. The van der Waals surface area contributed by atoms with E-state index in [-0.39, 0.29) is 17.7 Å². The maximum absolute atomic E-state index is 13.1. The Hall–Kier alpha value is -3.20. The van der Waals surface area contributed by atoms with E-state index in [1.165, 1.54) is 12.3 Å². The average Bonchev–Trinajstić information content (AvgIpc) is 3.21. The van der Waals surface area contributed by atoms with Crippen molar-refractivity contribution in [2.45, 2.75) is 19.0 Å². The molecule has 0 spiro atoms. The minimum absolute atomic E-state index is 0.00936. The van der Waals surface area contributed by atoms with Crippen LogP contribution in [0.3, 0.4) is 0 Å². The quantitative estimate of drug-likeness (QED) is 0.573. The molecule has 1 unspecified atom stereocenters. The van der Waals surface area contributed by atoms with Crippen LogP contribution in [-0.2, 0) is 6.18 Å². The van der Waals surface area contributed by atoms with Gasteiger partial charge in [0.1, 0.15) is 5.82 Å². The summed E-state index contributed by atoms with van der Waals surface area (Å²) in [6, 6.07) is 11.5. The number of nitrogens with zero attached hydrogens (tertiary/aromatic N) is 4. The van der Waals surface area contributed by atoms with Crippen LogP contribution in [0.4, 0.5) is 19.0 Å². The molecule has 6 nitrogen and oxygen atoms in total. The lowest BCUT2D eigenvalue weighted by molar-refractivity contribution is -0.137. The number of rotatable bonds is 5. The van der Waals surface area contributed by atoms with Crippen LogP contribution in [0.1, 0.15) is 33.1 Å². The molecule has 2 aromatic heterocycles. The van der Waals surface area contributed by atoms with Gasteiger partial charge in [0.2, 0.25) is 0 Å². The number of alkyl halides is 3. The fourth-order valence-corrected chi connectivity index (χ4v) is 4.13. The lowest BCUT2D eigenvalue weighted by Crippen LogP contribution is -2.30. The minimum Gasteiger partial charge on any atom is -0.370 e. The van der Waals surface area contributed by atoms with E-state index >= 15 is 0 Å². The molecule has 0 aliphatic carbocycles. The number of nitrogens with one attached hydrogen (secondary N) is 1. The first kappa shape index (κ1) is 23.0. The molecule has 3 heterocycles. The molecule has 1 aliphatic heterocycles. The van der Waals surface area contributed by atoms with Crippen molar-refractivity contribution in [3.05, 3.63) is 82.3 Å². The van der Waals surface area contributed by atoms with Crippen LogP contribution in [0, 0.1) is 12.8 Å². The van der Waals surface area contributed by atoms with Gasteiger partial charge in [0.25, 0.3) is 5.91 Å². The van der Waals surface area contributed by atoms with E-state index < -0.39 is 11.7 Å². The fourth-order valence-electron chi connectivity index (χ4n) is 4.01. The molecular weight excluding hydrogens is 455 g/mol. The molecule has 0 saturated carbocycles. The van der Waals surface area contributed by atoms with Crippen LogP contribution in [0.15, 0.2) is 54.9 Å². The van der Waals surface area contributed by atoms with Crippen LogP contribution in [0.5, 0.6) is 0 Å². The zero-order chi connectivity index (χ0) is 23.6. The number of hydrogen-bond donors (Lipinski definition) is 1. The molecule has 0 bridgehead atoms. The molecule has 33 heavy (non-hydrogen) atoms. The van der Waals surface area contributed by atoms with Crippen molar-refractivity contribution in [3.63, 3.8) is 0 Å². The van der Waals surface area contributed by atoms with Gasteiger partial charge in [-0.3, -0.25) is 4.79 Å². The van der Waals surface area contributed by atoms with Crippen molar-refractivity contribution in [3.8, 4) is 0 Å². The number of carbonyl (C=O) groups excluding carboxylic acids is 1. The number of benzene rings is 1. The zero-order valence-corrected chi connectivity index (χ0v) is 18.4. The first-order valence-electron chi connectivity index (χ1n) is 10.3. The van der Waals surface area contributed by atoms with Gasteiger partial charge in [-0.2, -0.15) is 23.4 Å². The second-order valence-electron chi connectivity index (χ2n) is 8.02. The highest BCUT2D eigenvalue weighted by Gasteiger charge is 2.36. The van der Waals surface area contributed by atoms with Gasteiger partial charge >= 0.3 is 6.18 Å². The summed E-state index contributed by atoms with van der Waals surface area (Å²) >= 11 is 6.04. The van der Waals surface area contributed by atoms with Crippen LogP contribution >= 0.6 is 11.6 Å². The minimum atomic E-state index is -4.43. The molecule has 1 N–H and O–H groups in total. The molecule has 172 valence electrons. The third kappa shape index (κ3) is 5.42. The van der Waals surface area contributed by atoms with Crippen LogP contribution in [0.25, 0.3) is 0 Å². The monoisotopic (exact) mass is 475 g/mol. The van der Waals surface area contributed by atoms with E-state index in [1.807, 2.05) is 12.1 Å². The van der Waals surface area contributed by atoms with Crippen LogP contribution < -0.4 is 5.32 Å². The second-order valence-corrected chi connectivity index (χ2v) is 8.46. The molecular formula is C23H21ClF3N5O. The number of amides is 1. The summed E-state index contributed by atoms with van der Waals surface area (Å²) in [5, 5.41) is 11.5. The predicted octanol–water partition coefficient (Wildman–Crippen LogP) is 4.82. The number of likely N-dealkylation sites (tertiary alicyclic amines) is 1. The van der Waals surface area contributed by atoms with Gasteiger partial charge < -0.3 is 10.2 Å². The molecule has 10 heteroatoms. The Bertz CT molecular complexity index is 1120. The Morgan fingerprint density at radius 1 is 1.15 bits per heavy atom. The van der Waals surface area contributed by atoms with Gasteiger partial charge in [-0.05, 0) is 42.8 Å². The van der Waals surface area contributed by atoms with E-state index in [9.17, 15) is 18.0 Å². The van der Waals surface area contributed by atoms with E-state index in [1.54, 1.807) is 30.0 Å². The topological polar surface area (TPSA) is 71.0 Å². The molecule has 1 fully saturated rings. The molecule has 1 aromatic carbocycles. The lowest BCUT2D eigenvalue weighted by Gasteiger charge is -2.19. The number of pyridine rings is 1. The SMILES string of the molecule is Cc1cc(C(=O)N2CC(CNc3ccc(C(F)(F)F)cn3)[C@@H](c3ccc(Cl)cc3)C2)cnn1. The Kier molecular flexibility index (Phi) is 6.51. The normalized spacial score (nSPS) is 18.4. The summed E-state index contributed by atoms with van der Waals surface area (Å²) < 4.78 is 38.4. The van der Waals surface area contributed by atoms with Gasteiger partial charge in [0.15, 0.2) is 0 Å². The second kappa shape index (κ2) is 9.35. The highest BCUT2D eigenvalue weighted by Crippen LogP contribution is 2.34. The Labute approximate surface area is 193 Å². The molecule has 3 aromatic rings. The third-order valence-corrected chi connectivity index (χ3v) is 5.94. The van der Waals surface area contributed by atoms with Crippen molar-refractivity contribution < 1.29 is 18.0 Å². The van der Waals surface area contributed by atoms with Crippen molar-refractivity contribution >= 4 is 23.3 Å². The van der Waals surface area contributed by atoms with E-state index in [2.05, 4.69) is 20.5 Å². The highest BCUT2D eigenvalue weighted by atomic mass is 35.5. The van der Waals surface area contributed by atoms with Crippen molar-refractivity contribution in [2.24, 2.45) is 5.92 Å². The molecule has 1 saturated heterocycles. The van der Waals surface area contributed by atoms with Crippen molar-refractivity contribution in [1.29, 1.82) is 0 Å². The summed E-state index contributed by atoms with van der Waals surface area (Å²) in [6.07, 6.45) is -2.18. The summed E-state index contributed by atoms with van der Waals surface area (Å²) in [5.41, 5.74) is 1.35. The maximum atomic E-state index is 13.1. The lowest BCUT2D eigenvalue weighted by atomic mass is 9.89. The number of aryl methyl sites for hydroxylation is 1. The van der Waals surface area contributed by atoms with Gasteiger partial charge in [-0.15, -0.1) is 0 Å². The zero-order valence-electron chi connectivity index (χ0n) is 17.7. The largest absolute Gasteiger partial charge is 0.417 e. The molecule has 1 aliphatic rings. The van der Waals surface area contributed by atoms with Gasteiger partial charge in [0.05, 0.1) is 23.0 Å². The molecule has 1 amide bonds. The van der Waals surface area contributed by atoms with E-state index in [0.29, 0.717) is 41.7 Å². The number of anilines is 1. The first-order valence-corrected chi connectivity index (χ1v) is 10.7. The van der Waals surface area contributed by atoms with E-state index in [4.69, 9.17) is 11.6 Å². The third-order valence-electron chi connectivity index (χ3n) is 5.69. The average molecular weight is 476 g/mol. The predicted molar refractivity (Wildman–Crippen MR) is 118 cm³/mol. The summed E-state index contributed by atoms with van der Waals surface area (Å²) in [6.45, 7) is 3.17. The van der Waals surface area contributed by atoms with Gasteiger partial charge in [-0.25, -0.2) is 4.98 Å². The van der Waals surface area contributed by atoms with E-state index in [0.717, 1.165) is 17.8 Å².